The highest BCUT2D eigenvalue weighted by Gasteiger charge is 2.16. The standard InChI is InChI=1S/C30H22/c1-4-14-25-21(9-1)12-7-17-28(25)24-19-23-11-3-6-16-27(23)30(20-24)29-18-8-13-22-10-2-5-15-26(22)29/h1-5,7-15,17-20H,6,16H2. The lowest BCUT2D eigenvalue weighted by Gasteiger charge is -2.20. The Balaban J connectivity index is 1.67. The fourth-order valence-electron chi connectivity index (χ4n) is 4.89. The van der Waals surface area contributed by atoms with Gasteiger partial charge in [-0.25, -0.2) is 0 Å². The van der Waals surface area contributed by atoms with Crippen LogP contribution < -0.4 is 0 Å². The van der Waals surface area contributed by atoms with Crippen LogP contribution >= 0.6 is 0 Å². The second-order valence-corrected chi connectivity index (χ2v) is 8.09. The van der Waals surface area contributed by atoms with E-state index >= 15 is 0 Å². The minimum Gasteiger partial charge on any atom is -0.0836 e. The van der Waals surface area contributed by atoms with Crippen LogP contribution in [0.1, 0.15) is 17.5 Å². The van der Waals surface area contributed by atoms with Crippen molar-refractivity contribution in [2.24, 2.45) is 0 Å². The maximum absolute atomic E-state index is 2.42. The second kappa shape index (κ2) is 7.00. The molecule has 6 rings (SSSR count). The van der Waals surface area contributed by atoms with Crippen LogP contribution in [0.5, 0.6) is 0 Å². The molecule has 0 saturated heterocycles. The van der Waals surface area contributed by atoms with Gasteiger partial charge in [0.25, 0.3) is 0 Å². The highest BCUT2D eigenvalue weighted by atomic mass is 14.2. The summed E-state index contributed by atoms with van der Waals surface area (Å²) in [4.78, 5) is 0. The largest absolute Gasteiger partial charge is 0.0836 e. The molecular weight excluding hydrogens is 360 g/mol. The number of rotatable bonds is 2. The normalized spacial score (nSPS) is 12.9. The molecule has 5 aromatic rings. The maximum atomic E-state index is 2.42. The Hall–Kier alpha value is -3.64. The number of hydrogen-bond donors (Lipinski definition) is 0. The van der Waals surface area contributed by atoms with E-state index in [4.69, 9.17) is 0 Å². The first-order valence-corrected chi connectivity index (χ1v) is 10.7. The lowest BCUT2D eigenvalue weighted by atomic mass is 9.84. The van der Waals surface area contributed by atoms with E-state index in [2.05, 4.69) is 109 Å². The molecule has 0 fully saturated rings. The van der Waals surface area contributed by atoms with Crippen LogP contribution in [0.2, 0.25) is 0 Å². The van der Waals surface area contributed by atoms with E-state index in [-0.39, 0.29) is 0 Å². The van der Waals surface area contributed by atoms with Crippen molar-refractivity contribution in [2.45, 2.75) is 12.8 Å². The lowest BCUT2D eigenvalue weighted by Crippen LogP contribution is -1.99. The van der Waals surface area contributed by atoms with Gasteiger partial charge in [0, 0.05) is 0 Å². The minimum absolute atomic E-state index is 1.10. The van der Waals surface area contributed by atoms with Gasteiger partial charge in [-0.15, -0.1) is 0 Å². The third-order valence-electron chi connectivity index (χ3n) is 6.32. The zero-order chi connectivity index (χ0) is 19.9. The van der Waals surface area contributed by atoms with E-state index in [1.165, 1.54) is 54.9 Å². The van der Waals surface area contributed by atoms with E-state index < -0.39 is 0 Å². The Morgan fingerprint density at radius 3 is 1.93 bits per heavy atom. The Morgan fingerprint density at radius 1 is 0.533 bits per heavy atom. The number of hydrogen-bond acceptors (Lipinski definition) is 0. The number of fused-ring (bicyclic) bond motifs is 3. The molecule has 5 aromatic carbocycles. The Labute approximate surface area is 177 Å². The van der Waals surface area contributed by atoms with Crippen molar-refractivity contribution >= 4 is 27.6 Å². The predicted octanol–water partition coefficient (Wildman–Crippen LogP) is 8.29. The molecule has 0 aliphatic heterocycles. The van der Waals surface area contributed by atoms with Gasteiger partial charge in [0.05, 0.1) is 0 Å². The highest BCUT2D eigenvalue weighted by Crippen LogP contribution is 2.39. The predicted molar refractivity (Wildman–Crippen MR) is 130 cm³/mol. The summed E-state index contributed by atoms with van der Waals surface area (Å²) in [5.41, 5.74) is 8.13. The van der Waals surface area contributed by atoms with Crippen molar-refractivity contribution in [3.63, 3.8) is 0 Å². The van der Waals surface area contributed by atoms with Gasteiger partial charge in [-0.05, 0) is 79.9 Å². The lowest BCUT2D eigenvalue weighted by molar-refractivity contribution is 0.988. The van der Waals surface area contributed by atoms with Crippen LogP contribution in [0.25, 0.3) is 49.9 Å². The first kappa shape index (κ1) is 17.2. The van der Waals surface area contributed by atoms with Crippen molar-refractivity contribution < 1.29 is 0 Å². The maximum Gasteiger partial charge on any atom is -0.0102 e. The van der Waals surface area contributed by atoms with Crippen LogP contribution in [0.3, 0.4) is 0 Å². The molecule has 0 amide bonds. The molecular formula is C30H22. The monoisotopic (exact) mass is 382 g/mol. The van der Waals surface area contributed by atoms with E-state index in [0.29, 0.717) is 0 Å². The third kappa shape index (κ3) is 2.76. The van der Waals surface area contributed by atoms with Crippen molar-refractivity contribution in [3.8, 4) is 22.3 Å². The summed E-state index contributed by atoms with van der Waals surface area (Å²) >= 11 is 0. The number of allylic oxidation sites excluding steroid dienone is 1. The van der Waals surface area contributed by atoms with Crippen molar-refractivity contribution in [2.75, 3.05) is 0 Å². The van der Waals surface area contributed by atoms with Gasteiger partial charge in [0.1, 0.15) is 0 Å². The summed E-state index contributed by atoms with van der Waals surface area (Å²) < 4.78 is 0. The number of benzene rings is 5. The zero-order valence-electron chi connectivity index (χ0n) is 16.8. The topological polar surface area (TPSA) is 0 Å². The van der Waals surface area contributed by atoms with Crippen molar-refractivity contribution in [1.29, 1.82) is 0 Å². The van der Waals surface area contributed by atoms with Gasteiger partial charge in [0.15, 0.2) is 0 Å². The quantitative estimate of drug-likeness (QED) is 0.288. The van der Waals surface area contributed by atoms with Crippen molar-refractivity contribution in [3.05, 3.63) is 114 Å². The average molecular weight is 383 g/mol. The van der Waals surface area contributed by atoms with Gasteiger partial charge >= 0.3 is 0 Å². The van der Waals surface area contributed by atoms with E-state index in [1.54, 1.807) is 0 Å². The van der Waals surface area contributed by atoms with Crippen LogP contribution in [0, 0.1) is 0 Å². The van der Waals surface area contributed by atoms with Gasteiger partial charge in [-0.2, -0.15) is 0 Å². The highest BCUT2D eigenvalue weighted by molar-refractivity contribution is 6.01. The average Bonchev–Trinajstić information content (AvgIpc) is 2.82. The van der Waals surface area contributed by atoms with Crippen LogP contribution in [0.15, 0.2) is 103 Å². The van der Waals surface area contributed by atoms with Crippen LogP contribution in [-0.4, -0.2) is 0 Å². The van der Waals surface area contributed by atoms with Crippen LogP contribution in [0.4, 0.5) is 0 Å². The molecule has 0 radical (unpaired) electrons. The molecule has 0 bridgehead atoms. The zero-order valence-corrected chi connectivity index (χ0v) is 16.8. The molecule has 0 heteroatoms. The van der Waals surface area contributed by atoms with E-state index in [0.717, 1.165) is 12.8 Å². The van der Waals surface area contributed by atoms with Gasteiger partial charge < -0.3 is 0 Å². The van der Waals surface area contributed by atoms with Gasteiger partial charge in [-0.1, -0.05) is 97.1 Å². The summed E-state index contributed by atoms with van der Waals surface area (Å²) in [5.74, 6) is 0. The summed E-state index contributed by atoms with van der Waals surface area (Å²) in [6.07, 6.45) is 6.82. The second-order valence-electron chi connectivity index (χ2n) is 8.09. The smallest absolute Gasteiger partial charge is 0.0102 e. The third-order valence-corrected chi connectivity index (χ3v) is 6.32. The molecule has 30 heavy (non-hydrogen) atoms. The summed E-state index contributed by atoms with van der Waals surface area (Å²) in [6.45, 7) is 0. The van der Waals surface area contributed by atoms with Gasteiger partial charge in [0.2, 0.25) is 0 Å². The SMILES string of the molecule is C1=Cc2cc(-c3cccc4ccccc34)cc(-c3cccc4ccccc34)c2CC1. The molecule has 0 unspecified atom stereocenters. The summed E-state index contributed by atoms with van der Waals surface area (Å²) in [6, 6.07) is 35.5. The Bertz CT molecular complexity index is 1430. The molecule has 0 saturated carbocycles. The molecule has 0 heterocycles. The van der Waals surface area contributed by atoms with Crippen LogP contribution in [-0.2, 0) is 6.42 Å². The van der Waals surface area contributed by atoms with E-state index in [1.807, 2.05) is 0 Å². The molecule has 0 nitrogen and oxygen atoms in total. The van der Waals surface area contributed by atoms with E-state index in [9.17, 15) is 0 Å². The fourth-order valence-corrected chi connectivity index (χ4v) is 4.89. The fraction of sp³-hybridized carbons (Fsp3) is 0.0667. The minimum atomic E-state index is 1.10. The Morgan fingerprint density at radius 2 is 1.17 bits per heavy atom. The summed E-state index contributed by atoms with van der Waals surface area (Å²) in [7, 11) is 0. The molecule has 0 aromatic heterocycles. The molecule has 0 spiro atoms. The summed E-state index contributed by atoms with van der Waals surface area (Å²) in [5, 5.41) is 5.22. The molecule has 1 aliphatic rings. The van der Waals surface area contributed by atoms with Crippen molar-refractivity contribution in [1.82, 2.24) is 0 Å². The Kier molecular flexibility index (Phi) is 4.02. The molecule has 142 valence electrons. The van der Waals surface area contributed by atoms with Gasteiger partial charge in [-0.3, -0.25) is 0 Å². The first-order valence-electron chi connectivity index (χ1n) is 10.7. The molecule has 0 N–H and O–H groups in total. The molecule has 1 aliphatic carbocycles. The first-order chi connectivity index (χ1) is 14.9. The molecule has 0 atom stereocenters.